The quantitative estimate of drug-likeness (QED) is 0.374. The van der Waals surface area contributed by atoms with E-state index in [2.05, 4.69) is 10.3 Å². The average Bonchev–Trinajstić information content (AvgIpc) is 2.84. The highest BCUT2D eigenvalue weighted by molar-refractivity contribution is 5.79. The van der Waals surface area contributed by atoms with Crippen molar-refractivity contribution in [3.05, 3.63) is 125 Å². The van der Waals surface area contributed by atoms with Crippen molar-refractivity contribution in [2.75, 3.05) is 0 Å². The van der Waals surface area contributed by atoms with E-state index in [1.54, 1.807) is 18.3 Å². The molecule has 1 heterocycles. The van der Waals surface area contributed by atoms with Gasteiger partial charge in [-0.1, -0.05) is 54.6 Å². The van der Waals surface area contributed by atoms with Gasteiger partial charge in [0.05, 0.1) is 12.5 Å². The Morgan fingerprint density at radius 2 is 1.74 bits per heavy atom. The van der Waals surface area contributed by atoms with Gasteiger partial charge in [-0.05, 0) is 66.4 Å². The van der Waals surface area contributed by atoms with Gasteiger partial charge in [-0.2, -0.15) is 0 Å². The summed E-state index contributed by atoms with van der Waals surface area (Å²) in [5.41, 5.74) is 5.75. The molecular weight excluding hydrogens is 424 g/mol. The lowest BCUT2D eigenvalue weighted by atomic mass is 9.94. The lowest BCUT2D eigenvalue weighted by Crippen LogP contribution is -2.31. The molecule has 4 rings (SSSR count). The molecule has 3 aromatic carbocycles. The second kappa shape index (κ2) is 10.7. The maximum absolute atomic E-state index is 13.0. The van der Waals surface area contributed by atoms with Crippen molar-refractivity contribution in [3.63, 3.8) is 0 Å². The van der Waals surface area contributed by atoms with E-state index in [1.807, 2.05) is 86.6 Å². The normalized spacial score (nSPS) is 11.6. The summed E-state index contributed by atoms with van der Waals surface area (Å²) in [5.74, 6) is 0.871. The molecule has 1 unspecified atom stereocenters. The Morgan fingerprint density at radius 3 is 2.44 bits per heavy atom. The number of amides is 1. The summed E-state index contributed by atoms with van der Waals surface area (Å²) in [4.78, 5) is 17.3. The molecule has 0 bridgehead atoms. The molecule has 1 atom stereocenters. The first kappa shape index (κ1) is 23.1. The van der Waals surface area contributed by atoms with Gasteiger partial charge in [0.15, 0.2) is 0 Å². The predicted molar refractivity (Wildman–Crippen MR) is 133 cm³/mol. The molecule has 0 aliphatic carbocycles. The Balaban J connectivity index is 1.43. The number of carbonyl (C=O) groups is 1. The summed E-state index contributed by atoms with van der Waals surface area (Å²) in [6.45, 7) is 4.34. The van der Waals surface area contributed by atoms with Crippen LogP contribution in [0.4, 0.5) is 0 Å². The second-order valence-electron chi connectivity index (χ2n) is 8.31. The van der Waals surface area contributed by atoms with Gasteiger partial charge >= 0.3 is 0 Å². The zero-order chi connectivity index (χ0) is 23.9. The largest absolute Gasteiger partial charge is 0.508 e. The highest BCUT2D eigenvalue weighted by Gasteiger charge is 2.19. The van der Waals surface area contributed by atoms with Crippen molar-refractivity contribution in [2.24, 2.45) is 0 Å². The van der Waals surface area contributed by atoms with Crippen molar-refractivity contribution >= 4 is 5.91 Å². The summed E-state index contributed by atoms with van der Waals surface area (Å²) in [6.07, 6.45) is 2.02. The van der Waals surface area contributed by atoms with E-state index in [0.717, 1.165) is 39.3 Å². The van der Waals surface area contributed by atoms with Crippen molar-refractivity contribution in [2.45, 2.75) is 32.9 Å². The summed E-state index contributed by atoms with van der Waals surface area (Å²) < 4.78 is 5.87. The predicted octanol–water partition coefficient (Wildman–Crippen LogP) is 5.43. The number of ether oxygens (including phenoxy) is 1. The minimum atomic E-state index is -0.306. The van der Waals surface area contributed by atoms with Crippen LogP contribution in [0.15, 0.2) is 91.1 Å². The third kappa shape index (κ3) is 5.81. The van der Waals surface area contributed by atoms with Crippen LogP contribution in [0.2, 0.25) is 0 Å². The Bertz CT molecular complexity index is 1250. The van der Waals surface area contributed by atoms with Crippen LogP contribution < -0.4 is 10.1 Å². The molecule has 0 radical (unpaired) electrons. The number of aromatic hydroxyl groups is 1. The lowest BCUT2D eigenvalue weighted by Gasteiger charge is -2.22. The number of rotatable bonds is 8. The fraction of sp³-hybridized carbons (Fsp3) is 0.172. The third-order valence-electron chi connectivity index (χ3n) is 5.80. The molecular formula is C29H28N2O3. The van der Waals surface area contributed by atoms with Gasteiger partial charge in [0.25, 0.3) is 0 Å². The van der Waals surface area contributed by atoms with Crippen molar-refractivity contribution < 1.29 is 14.6 Å². The number of nitrogens with zero attached hydrogens (tertiary/aromatic N) is 1. The third-order valence-corrected chi connectivity index (χ3v) is 5.80. The molecule has 1 aromatic heterocycles. The first-order valence-corrected chi connectivity index (χ1v) is 11.3. The number of carbonyl (C=O) groups excluding carboxylic acids is 1. The Hall–Kier alpha value is -4.12. The number of benzene rings is 3. The monoisotopic (exact) mass is 452 g/mol. The van der Waals surface area contributed by atoms with E-state index in [9.17, 15) is 9.90 Å². The van der Waals surface area contributed by atoms with E-state index >= 15 is 0 Å². The molecule has 0 saturated carbocycles. The van der Waals surface area contributed by atoms with E-state index in [4.69, 9.17) is 4.74 Å². The molecule has 2 N–H and O–H groups in total. The fourth-order valence-corrected chi connectivity index (χ4v) is 3.90. The minimum Gasteiger partial charge on any atom is -0.508 e. The Morgan fingerprint density at radius 1 is 0.971 bits per heavy atom. The number of phenols is 1. The highest BCUT2D eigenvalue weighted by atomic mass is 16.5. The second-order valence-corrected chi connectivity index (χ2v) is 8.31. The number of aryl methyl sites for hydroxylation is 2. The van der Waals surface area contributed by atoms with Crippen molar-refractivity contribution in [3.8, 4) is 11.5 Å². The minimum absolute atomic E-state index is 0.0824. The van der Waals surface area contributed by atoms with Crippen molar-refractivity contribution in [1.82, 2.24) is 10.3 Å². The maximum Gasteiger partial charge on any atom is 0.225 e. The molecule has 34 heavy (non-hydrogen) atoms. The summed E-state index contributed by atoms with van der Waals surface area (Å²) >= 11 is 0. The number of pyridine rings is 1. The van der Waals surface area contributed by atoms with Crippen LogP contribution in [0.5, 0.6) is 11.5 Å². The summed E-state index contributed by atoms with van der Waals surface area (Å²) in [6, 6.07) is 26.2. The molecule has 172 valence electrons. The van der Waals surface area contributed by atoms with Gasteiger partial charge < -0.3 is 15.2 Å². The lowest BCUT2D eigenvalue weighted by molar-refractivity contribution is -0.120. The summed E-state index contributed by atoms with van der Waals surface area (Å²) in [7, 11) is 0. The molecule has 5 heteroatoms. The van der Waals surface area contributed by atoms with E-state index in [1.165, 1.54) is 0 Å². The van der Waals surface area contributed by atoms with Crippen molar-refractivity contribution in [1.29, 1.82) is 0 Å². The van der Waals surface area contributed by atoms with Crippen LogP contribution in [0.1, 0.15) is 39.6 Å². The van der Waals surface area contributed by atoms with Gasteiger partial charge in [0, 0.05) is 17.5 Å². The molecule has 0 fully saturated rings. The van der Waals surface area contributed by atoms with E-state index in [0.29, 0.717) is 6.61 Å². The molecule has 0 saturated heterocycles. The van der Waals surface area contributed by atoms with E-state index < -0.39 is 0 Å². The number of hydrogen-bond acceptors (Lipinski definition) is 4. The first-order chi connectivity index (χ1) is 16.5. The van der Waals surface area contributed by atoms with Gasteiger partial charge in [-0.25, -0.2) is 0 Å². The molecule has 0 aliphatic rings. The number of nitrogens with one attached hydrogen (secondary N) is 1. The number of hydrogen-bond donors (Lipinski definition) is 2. The van der Waals surface area contributed by atoms with Crippen LogP contribution in [0, 0.1) is 13.8 Å². The molecule has 0 aliphatic heterocycles. The number of phenolic OH excluding ortho intramolecular Hbond substituents is 1. The smallest absolute Gasteiger partial charge is 0.225 e. The Kier molecular flexibility index (Phi) is 7.23. The zero-order valence-electron chi connectivity index (χ0n) is 19.4. The van der Waals surface area contributed by atoms with E-state index in [-0.39, 0.29) is 24.1 Å². The standard InChI is InChI=1S/C29H28N2O3/c1-20-17-25(32)12-15-27(20)29(23-7-4-3-5-8-23)31-28(33)18-22-10-13-26(14-11-22)34-19-24-9-6-16-30-21(24)2/h3-17,29,32H,18-19H2,1-2H3,(H,31,33). The first-order valence-electron chi connectivity index (χ1n) is 11.3. The highest BCUT2D eigenvalue weighted by Crippen LogP contribution is 2.27. The van der Waals surface area contributed by atoms with Crippen LogP contribution in [0.3, 0.4) is 0 Å². The van der Waals surface area contributed by atoms with Gasteiger partial charge in [0.2, 0.25) is 5.91 Å². The average molecular weight is 453 g/mol. The zero-order valence-corrected chi connectivity index (χ0v) is 19.4. The SMILES string of the molecule is Cc1cc(O)ccc1C(NC(=O)Cc1ccc(OCc2cccnc2C)cc1)c1ccccc1. The molecule has 0 spiro atoms. The van der Waals surface area contributed by atoms with Gasteiger partial charge in [-0.3, -0.25) is 9.78 Å². The van der Waals surface area contributed by atoms with Crippen LogP contribution in [-0.2, 0) is 17.8 Å². The van der Waals surface area contributed by atoms with Crippen LogP contribution in [0.25, 0.3) is 0 Å². The maximum atomic E-state index is 13.0. The van der Waals surface area contributed by atoms with Gasteiger partial charge in [0.1, 0.15) is 18.1 Å². The molecule has 5 nitrogen and oxygen atoms in total. The topological polar surface area (TPSA) is 71.5 Å². The number of aromatic nitrogens is 1. The van der Waals surface area contributed by atoms with Crippen LogP contribution in [-0.4, -0.2) is 16.0 Å². The van der Waals surface area contributed by atoms with Gasteiger partial charge in [-0.15, -0.1) is 0 Å². The van der Waals surface area contributed by atoms with Crippen LogP contribution >= 0.6 is 0 Å². The fourth-order valence-electron chi connectivity index (χ4n) is 3.90. The molecule has 1 amide bonds. The summed E-state index contributed by atoms with van der Waals surface area (Å²) in [5, 5.41) is 13.0. The molecule has 4 aromatic rings. The Labute approximate surface area is 200 Å².